The summed E-state index contributed by atoms with van der Waals surface area (Å²) in [7, 11) is -20.7. The standard InChI is InChI=1S/C44H26F4N4O12S4/c45-25-5-1-21(17-37(25)65(53,54)55)41-29-9-11-31(49-29)42(22-2-6-26(46)38(18-22)66(56,57)58)33-13-15-35(51-33)44(24-4-8-28(48)40(20-24)68(62,63)64)36-16-14-34(52-36)43(32-12-10-30(41)50-32)23-3-7-27(47)39(19-23)67(59,60)61/h1-20,49,52H,(H,53,54,55)(H,56,57,58)(H,59,60,61)(H,62,63,64). The predicted molar refractivity (Wildman–Crippen MR) is 240 cm³/mol. The molecule has 0 unspecified atom stereocenters. The van der Waals surface area contributed by atoms with Crippen LogP contribution in [0, 0.1) is 23.3 Å². The highest BCUT2D eigenvalue weighted by atomic mass is 32.2. The molecule has 8 bridgehead atoms. The molecule has 3 aromatic heterocycles. The molecule has 7 aromatic rings. The molecule has 4 aromatic carbocycles. The molecule has 0 atom stereocenters. The van der Waals surface area contributed by atoms with Crippen LogP contribution in [0.25, 0.3) is 90.9 Å². The smallest absolute Gasteiger partial charge is 0.297 e. The van der Waals surface area contributed by atoms with E-state index in [0.717, 1.165) is 48.5 Å². The van der Waals surface area contributed by atoms with Crippen LogP contribution in [0.5, 0.6) is 0 Å². The third kappa shape index (κ3) is 8.43. The van der Waals surface area contributed by atoms with Crippen molar-refractivity contribution >= 4 is 86.8 Å². The summed E-state index contributed by atoms with van der Waals surface area (Å²) < 4.78 is 199. The zero-order valence-electron chi connectivity index (χ0n) is 33.6. The summed E-state index contributed by atoms with van der Waals surface area (Å²) in [5.41, 5.74) is 0.177. The van der Waals surface area contributed by atoms with Gasteiger partial charge in [0.15, 0.2) is 0 Å². The monoisotopic (exact) mass is 1010 g/mol. The fourth-order valence-electron chi connectivity index (χ4n) is 7.85. The molecular weight excluding hydrogens is 981 g/mol. The number of hydrogen-bond donors (Lipinski definition) is 6. The summed E-state index contributed by atoms with van der Waals surface area (Å²) in [6.45, 7) is 0. The largest absolute Gasteiger partial charge is 0.354 e. The minimum atomic E-state index is -5.18. The topological polar surface area (TPSA) is 275 Å². The van der Waals surface area contributed by atoms with E-state index in [-0.39, 0.29) is 89.4 Å². The second kappa shape index (κ2) is 16.3. The number of halogens is 4. The lowest BCUT2D eigenvalue weighted by atomic mass is 10.0. The Kier molecular flexibility index (Phi) is 11.0. The summed E-state index contributed by atoms with van der Waals surface area (Å²) in [6.07, 6.45) is 5.66. The quantitative estimate of drug-likeness (QED) is 0.0613. The second-order valence-corrected chi connectivity index (χ2v) is 20.5. The second-order valence-electron chi connectivity index (χ2n) is 15.0. The number of benzene rings is 4. The Morgan fingerprint density at radius 1 is 0.338 bits per heavy atom. The summed E-state index contributed by atoms with van der Waals surface area (Å²) in [4.78, 5) is 11.3. The van der Waals surface area contributed by atoms with Crippen LogP contribution >= 0.6 is 0 Å². The fourth-order valence-corrected chi connectivity index (χ4v) is 10.2. The van der Waals surface area contributed by atoms with E-state index < -0.39 is 83.3 Å². The zero-order chi connectivity index (χ0) is 48.8. The molecule has 2 aliphatic heterocycles. The van der Waals surface area contributed by atoms with Crippen LogP contribution in [0.3, 0.4) is 0 Å². The number of fused-ring (bicyclic) bond motifs is 8. The van der Waals surface area contributed by atoms with E-state index in [1.54, 1.807) is 0 Å². The highest BCUT2D eigenvalue weighted by Crippen LogP contribution is 2.40. The van der Waals surface area contributed by atoms with Crippen molar-refractivity contribution in [3.05, 3.63) is 143 Å². The highest BCUT2D eigenvalue weighted by molar-refractivity contribution is 7.86. The van der Waals surface area contributed by atoms with Gasteiger partial charge in [-0.15, -0.1) is 0 Å². The van der Waals surface area contributed by atoms with Crippen molar-refractivity contribution in [1.29, 1.82) is 0 Å². The number of nitrogens with one attached hydrogen (secondary N) is 2. The molecule has 0 saturated heterocycles. The van der Waals surface area contributed by atoms with Gasteiger partial charge in [0.05, 0.1) is 22.8 Å². The molecule has 0 aliphatic carbocycles. The maximum absolute atomic E-state index is 15.0. The van der Waals surface area contributed by atoms with Gasteiger partial charge in [-0.25, -0.2) is 27.5 Å². The molecule has 9 rings (SSSR count). The molecule has 16 nitrogen and oxygen atoms in total. The average molecular weight is 1010 g/mol. The number of aromatic nitrogens is 4. The number of H-pyrrole nitrogens is 2. The Bertz CT molecular complexity index is 3580. The molecule has 5 heterocycles. The van der Waals surface area contributed by atoms with E-state index >= 15 is 0 Å². The lowest BCUT2D eigenvalue weighted by Gasteiger charge is -2.09. The lowest BCUT2D eigenvalue weighted by Crippen LogP contribution is -2.02. The summed E-state index contributed by atoms with van der Waals surface area (Å²) >= 11 is 0. The normalized spacial score (nSPS) is 13.1. The van der Waals surface area contributed by atoms with E-state index in [0.29, 0.717) is 0 Å². The Balaban J connectivity index is 1.51. The van der Waals surface area contributed by atoms with E-state index in [1.165, 1.54) is 72.8 Å². The van der Waals surface area contributed by atoms with Gasteiger partial charge in [-0.2, -0.15) is 33.7 Å². The highest BCUT2D eigenvalue weighted by Gasteiger charge is 2.26. The van der Waals surface area contributed by atoms with Crippen molar-refractivity contribution in [2.75, 3.05) is 0 Å². The SMILES string of the molecule is O=S(=O)(O)c1cc(-c2c3nc(c(-c4ccc(F)c(S(=O)(=O)O)c4)c4ccc([nH]4)c(-c4ccc(F)c(S(=O)(=O)O)c4)c4nc(c(-c5ccc(F)c(S(=O)(=O)O)c5)c5ccc2[nH]5)C=C4)C=C3)ccc1F. The molecule has 346 valence electrons. The van der Waals surface area contributed by atoms with Crippen LogP contribution in [0.2, 0.25) is 0 Å². The molecule has 0 radical (unpaired) electrons. The minimum absolute atomic E-state index is 0.00296. The zero-order valence-corrected chi connectivity index (χ0v) is 36.9. The summed E-state index contributed by atoms with van der Waals surface area (Å²) in [5.74, 6) is -5.27. The van der Waals surface area contributed by atoms with Gasteiger partial charge in [0.1, 0.15) is 42.9 Å². The minimum Gasteiger partial charge on any atom is -0.354 e. The first-order chi connectivity index (χ1) is 31.9. The number of nitrogens with zero attached hydrogens (tertiary/aromatic N) is 2. The van der Waals surface area contributed by atoms with Gasteiger partial charge >= 0.3 is 0 Å². The van der Waals surface area contributed by atoms with Gasteiger partial charge in [0.25, 0.3) is 40.5 Å². The number of rotatable bonds is 8. The first-order valence-corrected chi connectivity index (χ1v) is 24.9. The Hall–Kier alpha value is -7.16. The maximum atomic E-state index is 15.0. The van der Waals surface area contributed by atoms with Crippen molar-refractivity contribution < 1.29 is 69.4 Å². The van der Waals surface area contributed by atoms with E-state index in [4.69, 9.17) is 9.97 Å². The number of hydrogen-bond acceptors (Lipinski definition) is 10. The van der Waals surface area contributed by atoms with Gasteiger partial charge in [0.2, 0.25) is 0 Å². The summed E-state index contributed by atoms with van der Waals surface area (Å²) in [6, 6.07) is 16.8. The maximum Gasteiger partial charge on any atom is 0.297 e. The molecule has 0 fully saturated rings. The van der Waals surface area contributed by atoms with Gasteiger partial charge in [-0.1, -0.05) is 24.3 Å². The van der Waals surface area contributed by atoms with E-state index in [9.17, 15) is 69.4 Å². The first-order valence-electron chi connectivity index (χ1n) is 19.1. The Morgan fingerprint density at radius 3 is 0.735 bits per heavy atom. The molecular formula is C44H26F4N4O12S4. The van der Waals surface area contributed by atoms with E-state index in [1.807, 2.05) is 0 Å². The van der Waals surface area contributed by atoms with E-state index in [2.05, 4.69) is 9.97 Å². The van der Waals surface area contributed by atoms with Crippen LogP contribution in [-0.2, 0) is 40.5 Å². The van der Waals surface area contributed by atoms with Gasteiger partial charge < -0.3 is 9.97 Å². The van der Waals surface area contributed by atoms with Crippen molar-refractivity contribution in [3.63, 3.8) is 0 Å². The van der Waals surface area contributed by atoms with Crippen molar-refractivity contribution in [2.24, 2.45) is 0 Å². The van der Waals surface area contributed by atoms with Crippen LogP contribution in [0.15, 0.2) is 117 Å². The van der Waals surface area contributed by atoms with Crippen molar-refractivity contribution in [2.45, 2.75) is 19.6 Å². The summed E-state index contributed by atoms with van der Waals surface area (Å²) in [5, 5.41) is 0. The molecule has 68 heavy (non-hydrogen) atoms. The lowest BCUT2D eigenvalue weighted by molar-refractivity contribution is 0.471. The third-order valence-corrected chi connectivity index (χ3v) is 14.2. The van der Waals surface area contributed by atoms with Crippen LogP contribution < -0.4 is 0 Å². The van der Waals surface area contributed by atoms with Gasteiger partial charge in [-0.05, 0) is 119 Å². The van der Waals surface area contributed by atoms with Crippen LogP contribution in [-0.4, -0.2) is 71.8 Å². The third-order valence-electron chi connectivity index (χ3n) is 10.7. The van der Waals surface area contributed by atoms with Crippen LogP contribution in [0.4, 0.5) is 17.6 Å². The van der Waals surface area contributed by atoms with Crippen LogP contribution in [0.1, 0.15) is 22.8 Å². The first kappa shape index (κ1) is 46.0. The molecule has 0 spiro atoms. The molecule has 0 saturated carbocycles. The van der Waals surface area contributed by atoms with Gasteiger partial charge in [-0.3, -0.25) is 18.2 Å². The fraction of sp³-hybridized carbons (Fsp3) is 0. The molecule has 24 heteroatoms. The van der Waals surface area contributed by atoms with Crippen molar-refractivity contribution in [3.8, 4) is 44.5 Å². The number of aromatic amines is 2. The molecule has 2 aliphatic rings. The Labute approximate surface area is 381 Å². The van der Waals surface area contributed by atoms with Crippen molar-refractivity contribution in [1.82, 2.24) is 19.9 Å². The molecule has 6 N–H and O–H groups in total. The molecule has 0 amide bonds. The average Bonchev–Trinajstić information content (AvgIpc) is 4.09. The predicted octanol–water partition coefficient (Wildman–Crippen LogP) is 8.87. The van der Waals surface area contributed by atoms with Gasteiger partial charge in [0, 0.05) is 44.3 Å². The Morgan fingerprint density at radius 2 is 0.544 bits per heavy atom.